The molecule has 0 aliphatic carbocycles. The maximum absolute atomic E-state index is 13.0. The smallest absolute Gasteiger partial charge is 0.227 e. The molecule has 7 nitrogen and oxygen atoms in total. The molecule has 156 valence electrons. The number of carbonyl (C=O) groups is 1. The van der Waals surface area contributed by atoms with E-state index in [0.29, 0.717) is 36.2 Å². The summed E-state index contributed by atoms with van der Waals surface area (Å²) in [6.45, 7) is 2.82. The van der Waals surface area contributed by atoms with Crippen molar-refractivity contribution in [2.45, 2.75) is 5.03 Å². The van der Waals surface area contributed by atoms with E-state index in [-0.39, 0.29) is 11.5 Å². The number of ether oxygens (including phenoxy) is 3. The van der Waals surface area contributed by atoms with Gasteiger partial charge >= 0.3 is 0 Å². The number of benzene rings is 2. The molecule has 0 bridgehead atoms. The number of rotatable bonds is 7. The zero-order valence-electron chi connectivity index (χ0n) is 17.0. The summed E-state index contributed by atoms with van der Waals surface area (Å²) in [5, 5.41) is 1.72. The maximum atomic E-state index is 13.0. The Balaban J connectivity index is 1.61. The van der Waals surface area contributed by atoms with Crippen molar-refractivity contribution < 1.29 is 19.0 Å². The summed E-state index contributed by atoms with van der Waals surface area (Å²) in [5.41, 5.74) is 1.36. The fourth-order valence-corrected chi connectivity index (χ4v) is 4.19. The monoisotopic (exact) mass is 425 g/mol. The van der Waals surface area contributed by atoms with Gasteiger partial charge < -0.3 is 19.1 Å². The number of hydrogen-bond acceptors (Lipinski definition) is 8. The van der Waals surface area contributed by atoms with Gasteiger partial charge in [-0.05, 0) is 24.3 Å². The maximum Gasteiger partial charge on any atom is 0.227 e. The second-order valence-corrected chi connectivity index (χ2v) is 7.69. The van der Waals surface area contributed by atoms with E-state index in [9.17, 15) is 4.79 Å². The average Bonchev–Trinajstić information content (AvgIpc) is 2.82. The lowest BCUT2D eigenvalue weighted by Gasteiger charge is -2.27. The largest absolute Gasteiger partial charge is 0.497 e. The van der Waals surface area contributed by atoms with Crippen LogP contribution in [0.25, 0.3) is 10.9 Å². The molecule has 8 heteroatoms. The molecule has 2 aromatic carbocycles. The zero-order chi connectivity index (χ0) is 20.9. The van der Waals surface area contributed by atoms with Crippen molar-refractivity contribution in [1.29, 1.82) is 0 Å². The number of methoxy groups -OCH3 is 2. The molecule has 1 aliphatic heterocycles. The van der Waals surface area contributed by atoms with Crippen LogP contribution in [0, 0.1) is 0 Å². The summed E-state index contributed by atoms with van der Waals surface area (Å²) in [4.78, 5) is 24.6. The van der Waals surface area contributed by atoms with Crippen LogP contribution in [0.4, 0.5) is 5.95 Å². The van der Waals surface area contributed by atoms with Crippen molar-refractivity contribution in [1.82, 2.24) is 9.97 Å². The van der Waals surface area contributed by atoms with E-state index in [0.717, 1.165) is 29.0 Å². The van der Waals surface area contributed by atoms with Gasteiger partial charge in [0.1, 0.15) is 16.5 Å². The van der Waals surface area contributed by atoms with Gasteiger partial charge in [0.25, 0.3) is 0 Å². The SMILES string of the molecule is COc1ccc(OC)c(C(=O)CSc2nc(N3CCOCC3)nc3ccccc23)c1. The van der Waals surface area contributed by atoms with E-state index < -0.39 is 0 Å². The topological polar surface area (TPSA) is 73.8 Å². The molecule has 1 fully saturated rings. The Kier molecular flexibility index (Phi) is 6.35. The number of ketones is 1. The quantitative estimate of drug-likeness (QED) is 0.324. The van der Waals surface area contributed by atoms with E-state index in [2.05, 4.69) is 4.90 Å². The first-order valence-corrected chi connectivity index (χ1v) is 10.7. The summed E-state index contributed by atoms with van der Waals surface area (Å²) in [5.74, 6) is 2.00. The molecule has 0 radical (unpaired) electrons. The van der Waals surface area contributed by atoms with Gasteiger partial charge in [0, 0.05) is 18.5 Å². The Morgan fingerprint density at radius 1 is 1.10 bits per heavy atom. The highest BCUT2D eigenvalue weighted by Crippen LogP contribution is 2.30. The van der Waals surface area contributed by atoms with Gasteiger partial charge in [-0.25, -0.2) is 9.97 Å². The minimum atomic E-state index is -0.0497. The number of carbonyl (C=O) groups excluding carboxylic acids is 1. The highest BCUT2D eigenvalue weighted by atomic mass is 32.2. The number of anilines is 1. The van der Waals surface area contributed by atoms with E-state index in [4.69, 9.17) is 24.2 Å². The van der Waals surface area contributed by atoms with Gasteiger partial charge in [0.15, 0.2) is 5.78 Å². The van der Waals surface area contributed by atoms with E-state index in [1.165, 1.54) is 11.8 Å². The fourth-order valence-electron chi connectivity index (χ4n) is 3.29. The molecule has 2 heterocycles. The minimum Gasteiger partial charge on any atom is -0.497 e. The summed E-state index contributed by atoms with van der Waals surface area (Å²) in [6.07, 6.45) is 0. The number of nitrogens with zero attached hydrogens (tertiary/aromatic N) is 3. The van der Waals surface area contributed by atoms with Crippen molar-refractivity contribution in [3.05, 3.63) is 48.0 Å². The lowest BCUT2D eigenvalue weighted by molar-refractivity contribution is 0.101. The first-order valence-electron chi connectivity index (χ1n) is 9.67. The van der Waals surface area contributed by atoms with E-state index in [1.807, 2.05) is 24.3 Å². The number of hydrogen-bond donors (Lipinski definition) is 0. The molecular weight excluding hydrogens is 402 g/mol. The highest BCUT2D eigenvalue weighted by Gasteiger charge is 2.19. The molecule has 4 rings (SSSR count). The molecule has 0 N–H and O–H groups in total. The molecule has 3 aromatic rings. The van der Waals surface area contributed by atoms with Crippen LogP contribution in [-0.4, -0.2) is 62.0 Å². The zero-order valence-corrected chi connectivity index (χ0v) is 17.8. The second-order valence-electron chi connectivity index (χ2n) is 6.72. The molecule has 0 spiro atoms. The van der Waals surface area contributed by atoms with Crippen LogP contribution in [0.1, 0.15) is 10.4 Å². The number of fused-ring (bicyclic) bond motifs is 1. The average molecular weight is 426 g/mol. The molecule has 0 unspecified atom stereocenters. The van der Waals surface area contributed by atoms with Crippen molar-refractivity contribution in [2.75, 3.05) is 51.2 Å². The Hall–Kier alpha value is -2.84. The van der Waals surface area contributed by atoms with Crippen LogP contribution in [0.3, 0.4) is 0 Å². The Morgan fingerprint density at radius 3 is 2.67 bits per heavy atom. The van der Waals surface area contributed by atoms with Crippen molar-refractivity contribution in [3.63, 3.8) is 0 Å². The lowest BCUT2D eigenvalue weighted by Crippen LogP contribution is -2.37. The molecule has 0 amide bonds. The standard InChI is InChI=1S/C22H23N3O4S/c1-27-15-7-8-20(28-2)17(13-15)19(26)14-30-21-16-5-3-4-6-18(16)23-22(24-21)25-9-11-29-12-10-25/h3-8,13H,9-12,14H2,1-2H3. The second kappa shape index (κ2) is 9.32. The normalized spacial score (nSPS) is 14.0. The molecule has 0 atom stereocenters. The van der Waals surface area contributed by atoms with Crippen LogP contribution < -0.4 is 14.4 Å². The Bertz CT molecular complexity index is 1050. The summed E-state index contributed by atoms with van der Waals surface area (Å²) in [6, 6.07) is 13.1. The first kappa shape index (κ1) is 20.4. The third-order valence-electron chi connectivity index (χ3n) is 4.90. The van der Waals surface area contributed by atoms with Gasteiger partial charge in [-0.15, -0.1) is 0 Å². The minimum absolute atomic E-state index is 0.0497. The molecular formula is C22H23N3O4S. The lowest BCUT2D eigenvalue weighted by atomic mass is 10.1. The van der Waals surface area contributed by atoms with Crippen LogP contribution in [0.15, 0.2) is 47.5 Å². The van der Waals surface area contributed by atoms with Gasteiger partial charge in [-0.3, -0.25) is 4.79 Å². The van der Waals surface area contributed by atoms with E-state index >= 15 is 0 Å². The summed E-state index contributed by atoms with van der Waals surface area (Å²) >= 11 is 1.41. The predicted octanol–water partition coefficient (Wildman–Crippen LogP) is 3.46. The molecule has 0 saturated carbocycles. The molecule has 30 heavy (non-hydrogen) atoms. The molecule has 1 aliphatic rings. The van der Waals surface area contributed by atoms with Crippen LogP contribution in [0.5, 0.6) is 11.5 Å². The fraction of sp³-hybridized carbons (Fsp3) is 0.318. The van der Waals surface area contributed by atoms with Gasteiger partial charge in [0.05, 0.1) is 44.3 Å². The van der Waals surface area contributed by atoms with Gasteiger partial charge in [0.2, 0.25) is 5.95 Å². The van der Waals surface area contributed by atoms with Crippen molar-refractivity contribution in [3.8, 4) is 11.5 Å². The highest BCUT2D eigenvalue weighted by molar-refractivity contribution is 8.00. The number of para-hydroxylation sites is 1. The Morgan fingerprint density at radius 2 is 1.90 bits per heavy atom. The number of thioether (sulfide) groups is 1. The summed E-state index contributed by atoms with van der Waals surface area (Å²) in [7, 11) is 3.13. The molecule has 1 aromatic heterocycles. The van der Waals surface area contributed by atoms with Crippen LogP contribution in [0.2, 0.25) is 0 Å². The van der Waals surface area contributed by atoms with Crippen molar-refractivity contribution in [2.24, 2.45) is 0 Å². The number of Topliss-reactive ketones (excluding diaryl/α,β-unsaturated/α-hetero) is 1. The summed E-state index contributed by atoms with van der Waals surface area (Å²) < 4.78 is 16.1. The Labute approximate surface area is 179 Å². The number of morpholine rings is 1. The van der Waals surface area contributed by atoms with Crippen LogP contribution in [-0.2, 0) is 4.74 Å². The predicted molar refractivity (Wildman–Crippen MR) is 117 cm³/mol. The van der Waals surface area contributed by atoms with Crippen molar-refractivity contribution >= 4 is 34.4 Å². The third kappa shape index (κ3) is 4.34. The number of aromatic nitrogens is 2. The van der Waals surface area contributed by atoms with E-state index in [1.54, 1.807) is 32.4 Å². The van der Waals surface area contributed by atoms with Gasteiger partial charge in [-0.1, -0.05) is 30.0 Å². The van der Waals surface area contributed by atoms with Gasteiger partial charge in [-0.2, -0.15) is 0 Å². The third-order valence-corrected chi connectivity index (χ3v) is 5.89. The first-order chi connectivity index (χ1) is 14.7. The molecule has 1 saturated heterocycles. The van der Waals surface area contributed by atoms with Crippen LogP contribution >= 0.6 is 11.8 Å².